The summed E-state index contributed by atoms with van der Waals surface area (Å²) in [6, 6.07) is 8.08. The maximum atomic E-state index is 11.9. The molecule has 0 amide bonds. The van der Waals surface area contributed by atoms with Gasteiger partial charge in [-0.2, -0.15) is 0 Å². The number of hydrogen-bond donors (Lipinski definition) is 0. The second-order valence-electron chi connectivity index (χ2n) is 4.27. The quantitative estimate of drug-likeness (QED) is 0.542. The van der Waals surface area contributed by atoms with E-state index in [1.54, 1.807) is 12.2 Å². The predicted molar refractivity (Wildman–Crippen MR) is 74.3 cm³/mol. The molecule has 1 aromatic carbocycles. The zero-order valence-corrected chi connectivity index (χ0v) is 10.9. The van der Waals surface area contributed by atoms with E-state index >= 15 is 0 Å². The smallest absolute Gasteiger partial charge is 0.309 e. The van der Waals surface area contributed by atoms with Crippen molar-refractivity contribution in [2.45, 2.75) is 19.8 Å². The molecule has 0 aliphatic heterocycles. The van der Waals surface area contributed by atoms with Crippen molar-refractivity contribution in [2.24, 2.45) is 5.92 Å². The molecule has 1 rings (SSSR count). The standard InChI is InChI=1S/C16H20O2/c1-4-8-15(16(17)18-11-5-2)12-14-10-7-6-9-13(14)3/h4-7,9-10,15H,1-2,8,11-12H2,3H3. The molecule has 0 aromatic heterocycles. The molecule has 0 aliphatic carbocycles. The Balaban J connectivity index is 2.73. The highest BCUT2D eigenvalue weighted by atomic mass is 16.5. The van der Waals surface area contributed by atoms with E-state index in [0.717, 1.165) is 0 Å². The lowest BCUT2D eigenvalue weighted by atomic mass is 9.94. The highest BCUT2D eigenvalue weighted by Crippen LogP contribution is 2.17. The van der Waals surface area contributed by atoms with Crippen LogP contribution >= 0.6 is 0 Å². The summed E-state index contributed by atoms with van der Waals surface area (Å²) >= 11 is 0. The number of esters is 1. The minimum absolute atomic E-state index is 0.163. The number of ether oxygens (including phenoxy) is 1. The fourth-order valence-electron chi connectivity index (χ4n) is 1.83. The molecule has 2 nitrogen and oxygen atoms in total. The maximum absolute atomic E-state index is 11.9. The molecule has 0 radical (unpaired) electrons. The molecule has 1 unspecified atom stereocenters. The van der Waals surface area contributed by atoms with Gasteiger partial charge in [0.05, 0.1) is 5.92 Å². The van der Waals surface area contributed by atoms with Crippen LogP contribution in [-0.4, -0.2) is 12.6 Å². The van der Waals surface area contributed by atoms with E-state index in [-0.39, 0.29) is 18.5 Å². The second kappa shape index (κ2) is 7.49. The Morgan fingerprint density at radius 3 is 2.67 bits per heavy atom. The van der Waals surface area contributed by atoms with E-state index in [4.69, 9.17) is 4.74 Å². The van der Waals surface area contributed by atoms with Crippen molar-refractivity contribution in [1.29, 1.82) is 0 Å². The van der Waals surface area contributed by atoms with Crippen molar-refractivity contribution in [2.75, 3.05) is 6.61 Å². The van der Waals surface area contributed by atoms with Gasteiger partial charge < -0.3 is 4.74 Å². The SMILES string of the molecule is C=CCOC(=O)C(CC=C)Cc1ccccc1C. The Bertz CT molecular complexity index is 421. The highest BCUT2D eigenvalue weighted by molar-refractivity contribution is 5.73. The molecular weight excluding hydrogens is 224 g/mol. The van der Waals surface area contributed by atoms with E-state index in [1.807, 2.05) is 18.2 Å². The molecule has 0 N–H and O–H groups in total. The van der Waals surface area contributed by atoms with Gasteiger partial charge in [-0.15, -0.1) is 6.58 Å². The third-order valence-electron chi connectivity index (χ3n) is 2.86. The Kier molecular flexibility index (Phi) is 5.92. The first-order valence-corrected chi connectivity index (χ1v) is 6.12. The summed E-state index contributed by atoms with van der Waals surface area (Å²) in [5, 5.41) is 0. The summed E-state index contributed by atoms with van der Waals surface area (Å²) < 4.78 is 5.11. The van der Waals surface area contributed by atoms with Crippen molar-refractivity contribution in [1.82, 2.24) is 0 Å². The topological polar surface area (TPSA) is 26.3 Å². The number of rotatable bonds is 7. The second-order valence-corrected chi connectivity index (χ2v) is 4.27. The molecule has 96 valence electrons. The van der Waals surface area contributed by atoms with Crippen molar-refractivity contribution < 1.29 is 9.53 Å². The Morgan fingerprint density at radius 1 is 1.33 bits per heavy atom. The van der Waals surface area contributed by atoms with Crippen molar-refractivity contribution >= 4 is 5.97 Å². The normalized spacial score (nSPS) is 11.6. The van der Waals surface area contributed by atoms with Crippen LogP contribution in [0.4, 0.5) is 0 Å². The van der Waals surface area contributed by atoms with Gasteiger partial charge in [0.1, 0.15) is 6.61 Å². The number of allylic oxidation sites excluding steroid dienone is 1. The Labute approximate surface area is 109 Å². The van der Waals surface area contributed by atoms with E-state index in [9.17, 15) is 4.79 Å². The average molecular weight is 244 g/mol. The minimum atomic E-state index is -0.182. The monoisotopic (exact) mass is 244 g/mol. The summed E-state index contributed by atoms with van der Waals surface area (Å²) in [5.41, 5.74) is 2.38. The van der Waals surface area contributed by atoms with Crippen LogP contribution in [0, 0.1) is 12.8 Å². The number of aryl methyl sites for hydroxylation is 1. The van der Waals surface area contributed by atoms with Crippen LogP contribution in [0.2, 0.25) is 0 Å². The lowest BCUT2D eigenvalue weighted by Crippen LogP contribution is -2.20. The zero-order chi connectivity index (χ0) is 13.4. The zero-order valence-electron chi connectivity index (χ0n) is 10.9. The third kappa shape index (κ3) is 4.21. The van der Waals surface area contributed by atoms with Crippen molar-refractivity contribution in [3.05, 3.63) is 60.7 Å². The number of carbonyl (C=O) groups is 1. The molecular formula is C16H20O2. The number of benzene rings is 1. The summed E-state index contributed by atoms with van der Waals surface area (Å²) in [6.07, 6.45) is 4.66. The van der Waals surface area contributed by atoms with E-state index < -0.39 is 0 Å². The Morgan fingerprint density at radius 2 is 2.06 bits per heavy atom. The molecule has 0 saturated heterocycles. The molecule has 0 fully saturated rings. The van der Waals surface area contributed by atoms with Crippen molar-refractivity contribution in [3.63, 3.8) is 0 Å². The number of carbonyl (C=O) groups excluding carboxylic acids is 1. The van der Waals surface area contributed by atoms with Gasteiger partial charge in [0.25, 0.3) is 0 Å². The third-order valence-corrected chi connectivity index (χ3v) is 2.86. The van der Waals surface area contributed by atoms with Crippen molar-refractivity contribution in [3.8, 4) is 0 Å². The van der Waals surface area contributed by atoms with Gasteiger partial charge in [-0.25, -0.2) is 0 Å². The first-order valence-electron chi connectivity index (χ1n) is 6.12. The summed E-state index contributed by atoms with van der Waals surface area (Å²) in [5.74, 6) is -0.346. The maximum Gasteiger partial charge on any atom is 0.309 e. The molecule has 1 atom stereocenters. The van der Waals surface area contributed by atoms with Gasteiger partial charge in [-0.1, -0.05) is 43.0 Å². The first kappa shape index (κ1) is 14.2. The van der Waals surface area contributed by atoms with Crippen LogP contribution in [0.3, 0.4) is 0 Å². The average Bonchev–Trinajstić information content (AvgIpc) is 2.38. The molecule has 0 aliphatic rings. The van der Waals surface area contributed by atoms with Crippen LogP contribution < -0.4 is 0 Å². The van der Waals surface area contributed by atoms with Gasteiger partial charge in [-0.3, -0.25) is 4.79 Å². The first-order chi connectivity index (χ1) is 8.69. The van der Waals surface area contributed by atoms with Gasteiger partial charge in [-0.05, 0) is 30.9 Å². The molecule has 0 saturated carbocycles. The summed E-state index contributed by atoms with van der Waals surface area (Å²) in [4.78, 5) is 11.9. The predicted octanol–water partition coefficient (Wildman–Crippen LogP) is 3.46. The fourth-order valence-corrected chi connectivity index (χ4v) is 1.83. The molecule has 0 heterocycles. The van der Waals surface area contributed by atoms with Gasteiger partial charge in [0.15, 0.2) is 0 Å². The van der Waals surface area contributed by atoms with Gasteiger partial charge in [0.2, 0.25) is 0 Å². The number of hydrogen-bond acceptors (Lipinski definition) is 2. The minimum Gasteiger partial charge on any atom is -0.461 e. The van der Waals surface area contributed by atoms with Crippen LogP contribution in [-0.2, 0) is 16.0 Å². The summed E-state index contributed by atoms with van der Waals surface area (Å²) in [6.45, 7) is 9.55. The van der Waals surface area contributed by atoms with Crippen LogP contribution in [0.15, 0.2) is 49.6 Å². The van der Waals surface area contributed by atoms with E-state index in [1.165, 1.54) is 11.1 Å². The van der Waals surface area contributed by atoms with E-state index in [0.29, 0.717) is 12.8 Å². The molecule has 18 heavy (non-hydrogen) atoms. The Hall–Kier alpha value is -1.83. The highest BCUT2D eigenvalue weighted by Gasteiger charge is 2.19. The molecule has 0 spiro atoms. The van der Waals surface area contributed by atoms with Gasteiger partial charge in [0, 0.05) is 0 Å². The van der Waals surface area contributed by atoms with Gasteiger partial charge >= 0.3 is 5.97 Å². The molecule has 0 bridgehead atoms. The largest absolute Gasteiger partial charge is 0.461 e. The van der Waals surface area contributed by atoms with Crippen LogP contribution in [0.1, 0.15) is 17.5 Å². The van der Waals surface area contributed by atoms with E-state index in [2.05, 4.69) is 26.1 Å². The lowest BCUT2D eigenvalue weighted by molar-refractivity contribution is -0.147. The lowest BCUT2D eigenvalue weighted by Gasteiger charge is -2.15. The van der Waals surface area contributed by atoms with Crippen LogP contribution in [0.5, 0.6) is 0 Å². The fraction of sp³-hybridized carbons (Fsp3) is 0.312. The van der Waals surface area contributed by atoms with Crippen LogP contribution in [0.25, 0.3) is 0 Å². The molecule has 2 heteroatoms. The molecule has 1 aromatic rings. The summed E-state index contributed by atoms with van der Waals surface area (Å²) in [7, 11) is 0.